The Kier molecular flexibility index (Phi) is 4.73. The molecule has 3 heteroatoms. The van der Waals surface area contributed by atoms with Gasteiger partial charge in [0.2, 0.25) is 5.91 Å². The summed E-state index contributed by atoms with van der Waals surface area (Å²) in [4.78, 5) is 12.3. The molecule has 0 unspecified atom stereocenters. The van der Waals surface area contributed by atoms with Crippen LogP contribution in [0.5, 0.6) is 0 Å². The number of nitrogens with one attached hydrogen (secondary N) is 1. The van der Waals surface area contributed by atoms with Gasteiger partial charge in [0, 0.05) is 17.5 Å². The fourth-order valence-corrected chi connectivity index (χ4v) is 2.24. The first kappa shape index (κ1) is 15.2. The molecule has 110 valence electrons. The van der Waals surface area contributed by atoms with E-state index in [-0.39, 0.29) is 18.3 Å². The Morgan fingerprint density at radius 3 is 2.33 bits per heavy atom. The van der Waals surface area contributed by atoms with E-state index >= 15 is 0 Å². The molecular formula is C18H20FNO. The summed E-state index contributed by atoms with van der Waals surface area (Å²) in [6.07, 6.45) is 0.650. The monoisotopic (exact) mass is 285 g/mol. The van der Waals surface area contributed by atoms with E-state index in [1.807, 2.05) is 44.2 Å². The van der Waals surface area contributed by atoms with Gasteiger partial charge < -0.3 is 5.32 Å². The summed E-state index contributed by atoms with van der Waals surface area (Å²) < 4.78 is 13.5. The molecule has 1 amide bonds. The Balaban J connectivity index is 1.97. The molecule has 0 bridgehead atoms. The first-order valence-corrected chi connectivity index (χ1v) is 7.05. The van der Waals surface area contributed by atoms with E-state index in [9.17, 15) is 9.18 Å². The summed E-state index contributed by atoms with van der Waals surface area (Å²) in [5.74, 6) is -0.367. The van der Waals surface area contributed by atoms with Crippen molar-refractivity contribution >= 4 is 5.91 Å². The summed E-state index contributed by atoms with van der Waals surface area (Å²) in [6, 6.07) is 16.4. The molecule has 0 aromatic heterocycles. The highest BCUT2D eigenvalue weighted by Crippen LogP contribution is 2.22. The molecule has 0 radical (unpaired) electrons. The van der Waals surface area contributed by atoms with Crippen molar-refractivity contribution in [1.29, 1.82) is 0 Å². The molecule has 2 aromatic rings. The Morgan fingerprint density at radius 2 is 1.67 bits per heavy atom. The highest BCUT2D eigenvalue weighted by molar-refractivity contribution is 5.82. The van der Waals surface area contributed by atoms with Gasteiger partial charge in [-0.3, -0.25) is 4.79 Å². The third-order valence-corrected chi connectivity index (χ3v) is 3.50. The van der Waals surface area contributed by atoms with Crippen molar-refractivity contribution in [2.75, 3.05) is 0 Å². The van der Waals surface area contributed by atoms with Crippen LogP contribution in [-0.4, -0.2) is 5.91 Å². The lowest BCUT2D eigenvalue weighted by atomic mass is 9.85. The van der Waals surface area contributed by atoms with Gasteiger partial charge in [0.15, 0.2) is 0 Å². The minimum Gasteiger partial charge on any atom is -0.351 e. The zero-order chi connectivity index (χ0) is 15.3. The van der Waals surface area contributed by atoms with Crippen LogP contribution >= 0.6 is 0 Å². The Bertz CT molecular complexity index is 608. The van der Waals surface area contributed by atoms with Crippen LogP contribution in [0.3, 0.4) is 0 Å². The smallest absolute Gasteiger partial charge is 0.226 e. The van der Waals surface area contributed by atoms with Crippen molar-refractivity contribution in [3.63, 3.8) is 0 Å². The number of amides is 1. The largest absolute Gasteiger partial charge is 0.351 e. The molecule has 0 aliphatic rings. The van der Waals surface area contributed by atoms with E-state index < -0.39 is 5.41 Å². The lowest BCUT2D eigenvalue weighted by Gasteiger charge is -2.23. The third kappa shape index (κ3) is 4.15. The van der Waals surface area contributed by atoms with Crippen LogP contribution in [0.2, 0.25) is 0 Å². The number of carbonyl (C=O) groups excluding carboxylic acids is 1. The first-order chi connectivity index (χ1) is 9.99. The molecular weight excluding hydrogens is 265 g/mol. The van der Waals surface area contributed by atoms with E-state index in [1.54, 1.807) is 18.2 Å². The van der Waals surface area contributed by atoms with E-state index in [0.717, 1.165) is 5.56 Å². The third-order valence-electron chi connectivity index (χ3n) is 3.50. The minimum atomic E-state index is -0.535. The molecule has 0 fully saturated rings. The van der Waals surface area contributed by atoms with Crippen molar-refractivity contribution < 1.29 is 9.18 Å². The lowest BCUT2D eigenvalue weighted by molar-refractivity contribution is -0.129. The zero-order valence-corrected chi connectivity index (χ0v) is 12.4. The number of carbonyl (C=O) groups is 1. The summed E-state index contributed by atoms with van der Waals surface area (Å²) in [5.41, 5.74) is 1.08. The van der Waals surface area contributed by atoms with Crippen LogP contribution in [0.4, 0.5) is 4.39 Å². The van der Waals surface area contributed by atoms with Gasteiger partial charge in [0.25, 0.3) is 0 Å². The highest BCUT2D eigenvalue weighted by atomic mass is 19.1. The maximum absolute atomic E-state index is 13.5. The number of hydrogen-bond acceptors (Lipinski definition) is 1. The fourth-order valence-electron chi connectivity index (χ4n) is 2.24. The second-order valence-electron chi connectivity index (χ2n) is 5.82. The number of hydrogen-bond donors (Lipinski definition) is 1. The van der Waals surface area contributed by atoms with E-state index in [2.05, 4.69) is 5.32 Å². The zero-order valence-electron chi connectivity index (χ0n) is 12.4. The number of rotatable bonds is 5. The van der Waals surface area contributed by atoms with Crippen LogP contribution < -0.4 is 5.32 Å². The summed E-state index contributed by atoms with van der Waals surface area (Å²) >= 11 is 0. The summed E-state index contributed by atoms with van der Waals surface area (Å²) in [6.45, 7) is 4.01. The molecule has 2 nitrogen and oxygen atoms in total. The van der Waals surface area contributed by atoms with Crippen LogP contribution in [0.25, 0.3) is 0 Å². The molecule has 0 aliphatic carbocycles. The van der Waals surface area contributed by atoms with Crippen molar-refractivity contribution in [1.82, 2.24) is 5.32 Å². The molecule has 21 heavy (non-hydrogen) atoms. The minimum absolute atomic E-state index is 0.0744. The van der Waals surface area contributed by atoms with Crippen LogP contribution in [0, 0.1) is 11.2 Å². The molecule has 2 rings (SSSR count). The van der Waals surface area contributed by atoms with Gasteiger partial charge >= 0.3 is 0 Å². The van der Waals surface area contributed by atoms with Crippen molar-refractivity contribution in [3.05, 3.63) is 71.5 Å². The second-order valence-corrected chi connectivity index (χ2v) is 5.82. The summed E-state index contributed by atoms with van der Waals surface area (Å²) in [7, 11) is 0. The van der Waals surface area contributed by atoms with Gasteiger partial charge in [-0.25, -0.2) is 4.39 Å². The van der Waals surface area contributed by atoms with Crippen LogP contribution in [0.15, 0.2) is 54.6 Å². The molecule has 0 atom stereocenters. The van der Waals surface area contributed by atoms with E-state index in [4.69, 9.17) is 0 Å². The van der Waals surface area contributed by atoms with Crippen LogP contribution in [-0.2, 0) is 17.8 Å². The number of halogens is 1. The molecule has 0 saturated carbocycles. The molecule has 1 N–H and O–H groups in total. The standard InChI is InChI=1S/C18H20FNO/c1-18(2,12-14-8-4-3-5-9-14)17(21)20-13-15-10-6-7-11-16(15)19/h3-11H,12-13H2,1-2H3,(H,20,21). The maximum Gasteiger partial charge on any atom is 0.226 e. The molecule has 0 heterocycles. The predicted molar refractivity (Wildman–Crippen MR) is 82.2 cm³/mol. The average Bonchev–Trinajstić information content (AvgIpc) is 2.46. The first-order valence-electron chi connectivity index (χ1n) is 7.05. The molecule has 0 saturated heterocycles. The Hall–Kier alpha value is -2.16. The van der Waals surface area contributed by atoms with Crippen molar-refractivity contribution in [2.24, 2.45) is 5.41 Å². The van der Waals surface area contributed by atoms with Crippen LogP contribution in [0.1, 0.15) is 25.0 Å². The van der Waals surface area contributed by atoms with Gasteiger partial charge in [0.1, 0.15) is 5.82 Å². The van der Waals surface area contributed by atoms with Gasteiger partial charge in [-0.05, 0) is 18.1 Å². The van der Waals surface area contributed by atoms with E-state index in [0.29, 0.717) is 12.0 Å². The normalized spacial score (nSPS) is 11.2. The van der Waals surface area contributed by atoms with Gasteiger partial charge in [0.05, 0.1) is 0 Å². The van der Waals surface area contributed by atoms with Gasteiger partial charge in [-0.2, -0.15) is 0 Å². The molecule has 0 aliphatic heterocycles. The lowest BCUT2D eigenvalue weighted by Crippen LogP contribution is -2.38. The van der Waals surface area contributed by atoms with Crippen molar-refractivity contribution in [3.8, 4) is 0 Å². The topological polar surface area (TPSA) is 29.1 Å². The number of benzene rings is 2. The predicted octanol–water partition coefficient (Wildman–Crippen LogP) is 3.71. The van der Waals surface area contributed by atoms with Gasteiger partial charge in [-0.15, -0.1) is 0 Å². The quantitative estimate of drug-likeness (QED) is 0.891. The van der Waals surface area contributed by atoms with Gasteiger partial charge in [-0.1, -0.05) is 62.4 Å². The highest BCUT2D eigenvalue weighted by Gasteiger charge is 2.27. The van der Waals surface area contributed by atoms with Crippen molar-refractivity contribution in [2.45, 2.75) is 26.8 Å². The Labute approximate surface area is 125 Å². The maximum atomic E-state index is 13.5. The molecule has 2 aromatic carbocycles. The second kappa shape index (κ2) is 6.53. The summed E-state index contributed by atoms with van der Waals surface area (Å²) in [5, 5.41) is 2.82. The molecule has 0 spiro atoms. The average molecular weight is 285 g/mol. The SMILES string of the molecule is CC(C)(Cc1ccccc1)C(=O)NCc1ccccc1F. The fraction of sp³-hybridized carbons (Fsp3) is 0.278. The van der Waals surface area contributed by atoms with E-state index in [1.165, 1.54) is 6.07 Å². The Morgan fingerprint density at radius 1 is 1.05 bits per heavy atom.